The zero-order chi connectivity index (χ0) is 18.3. The van der Waals surface area contributed by atoms with E-state index in [1.165, 1.54) is 4.31 Å². The van der Waals surface area contributed by atoms with Crippen molar-refractivity contribution in [1.29, 1.82) is 0 Å². The predicted octanol–water partition coefficient (Wildman–Crippen LogP) is 1.23. The van der Waals surface area contributed by atoms with Gasteiger partial charge in [-0.05, 0) is 31.0 Å². The molecule has 4 rings (SSSR count). The highest BCUT2D eigenvalue weighted by atomic mass is 32.2. The number of piperidine rings is 1. The summed E-state index contributed by atoms with van der Waals surface area (Å²) in [5.41, 5.74) is 0. The van der Waals surface area contributed by atoms with E-state index in [0.717, 1.165) is 42.9 Å². The van der Waals surface area contributed by atoms with E-state index in [2.05, 4.69) is 20.1 Å². The molecule has 1 N–H and O–H groups in total. The third-order valence-electron chi connectivity index (χ3n) is 4.98. The van der Waals surface area contributed by atoms with Crippen molar-refractivity contribution < 1.29 is 17.2 Å². The molecule has 0 unspecified atom stereocenters. The van der Waals surface area contributed by atoms with E-state index in [1.807, 2.05) is 0 Å². The van der Waals surface area contributed by atoms with Crippen LogP contribution in [0.25, 0.3) is 0 Å². The summed E-state index contributed by atoms with van der Waals surface area (Å²) < 4.78 is 55.9. The Morgan fingerprint density at radius 1 is 1.12 bits per heavy atom. The van der Waals surface area contributed by atoms with Crippen LogP contribution in [0.15, 0.2) is 23.1 Å². The van der Waals surface area contributed by atoms with Gasteiger partial charge in [0, 0.05) is 32.1 Å². The summed E-state index contributed by atoms with van der Waals surface area (Å²) in [6, 6.07) is 2.48. The summed E-state index contributed by atoms with van der Waals surface area (Å²) >= 11 is 0. The molecule has 2 aliphatic heterocycles. The monoisotopic (exact) mass is 383 g/mol. The topological polar surface area (TPSA) is 80.1 Å². The molecule has 1 fully saturated rings. The molecule has 26 heavy (non-hydrogen) atoms. The van der Waals surface area contributed by atoms with E-state index >= 15 is 0 Å². The largest absolute Gasteiger partial charge is 0.312 e. The highest BCUT2D eigenvalue weighted by molar-refractivity contribution is 7.89. The molecule has 0 spiro atoms. The summed E-state index contributed by atoms with van der Waals surface area (Å²) in [4.78, 5) is -0.609. The van der Waals surface area contributed by atoms with Crippen molar-refractivity contribution in [1.82, 2.24) is 24.4 Å². The average Bonchev–Trinajstić information content (AvgIpc) is 3.08. The third kappa shape index (κ3) is 3.01. The van der Waals surface area contributed by atoms with Crippen LogP contribution in [0, 0.1) is 11.6 Å². The first-order valence-electron chi connectivity index (χ1n) is 8.54. The molecule has 2 aliphatic rings. The molecule has 140 valence electrons. The Hall–Kier alpha value is -1.91. The van der Waals surface area contributed by atoms with Crippen LogP contribution in [0.4, 0.5) is 8.78 Å². The van der Waals surface area contributed by atoms with Gasteiger partial charge in [-0.25, -0.2) is 17.2 Å². The van der Waals surface area contributed by atoms with E-state index in [1.54, 1.807) is 0 Å². The number of benzene rings is 1. The minimum atomic E-state index is -4.06. The van der Waals surface area contributed by atoms with Crippen molar-refractivity contribution in [2.45, 2.75) is 36.7 Å². The van der Waals surface area contributed by atoms with Crippen molar-refractivity contribution in [2.24, 2.45) is 0 Å². The Kier molecular flexibility index (Phi) is 4.49. The summed E-state index contributed by atoms with van der Waals surface area (Å²) in [6.07, 6.45) is 1.14. The van der Waals surface area contributed by atoms with Crippen LogP contribution in [-0.4, -0.2) is 47.1 Å². The molecule has 7 nitrogen and oxygen atoms in total. The highest BCUT2D eigenvalue weighted by Gasteiger charge is 2.34. The quantitative estimate of drug-likeness (QED) is 0.862. The van der Waals surface area contributed by atoms with Gasteiger partial charge in [-0.2, -0.15) is 4.31 Å². The Labute approximate surface area is 150 Å². The smallest absolute Gasteiger partial charge is 0.246 e. The SMILES string of the molecule is O=S(=O)(c1cc(F)ccc1F)N1CCC(c2nnc3n2CCNC3)CC1. The van der Waals surface area contributed by atoms with E-state index in [9.17, 15) is 17.2 Å². The normalized spacial score (nSPS) is 19.5. The molecule has 0 amide bonds. The standard InChI is InChI=1S/C16H19F2N5O2S/c17-12-1-2-13(18)14(9-12)26(24,25)22-6-3-11(4-7-22)16-21-20-15-10-19-5-8-23(15)16/h1-2,9,11,19H,3-8,10H2. The minimum Gasteiger partial charge on any atom is -0.312 e. The van der Waals surface area contributed by atoms with Crippen LogP contribution in [0.5, 0.6) is 0 Å². The first kappa shape index (κ1) is 17.5. The van der Waals surface area contributed by atoms with E-state index < -0.39 is 26.6 Å². The second kappa shape index (κ2) is 6.67. The number of rotatable bonds is 3. The van der Waals surface area contributed by atoms with Gasteiger partial charge in [-0.3, -0.25) is 0 Å². The molecular formula is C16H19F2N5O2S. The third-order valence-corrected chi connectivity index (χ3v) is 6.90. The predicted molar refractivity (Wildman–Crippen MR) is 88.8 cm³/mol. The number of hydrogen-bond donors (Lipinski definition) is 1. The lowest BCUT2D eigenvalue weighted by Crippen LogP contribution is -2.39. The molecule has 1 saturated heterocycles. The fraction of sp³-hybridized carbons (Fsp3) is 0.500. The highest BCUT2D eigenvalue weighted by Crippen LogP contribution is 2.31. The number of sulfonamides is 1. The molecule has 0 aliphatic carbocycles. The van der Waals surface area contributed by atoms with Gasteiger partial charge in [0.1, 0.15) is 28.2 Å². The summed E-state index contributed by atoms with van der Waals surface area (Å²) in [5, 5.41) is 11.7. The number of hydrogen-bond acceptors (Lipinski definition) is 5. The Morgan fingerprint density at radius 3 is 2.65 bits per heavy atom. The lowest BCUT2D eigenvalue weighted by Gasteiger charge is -2.31. The molecule has 0 saturated carbocycles. The molecule has 3 heterocycles. The first-order chi connectivity index (χ1) is 12.5. The molecule has 2 aromatic rings. The molecule has 1 aromatic carbocycles. The van der Waals surface area contributed by atoms with Crippen molar-refractivity contribution in [3.8, 4) is 0 Å². The van der Waals surface area contributed by atoms with Crippen LogP contribution in [0.1, 0.15) is 30.4 Å². The molecule has 1 aromatic heterocycles. The Morgan fingerprint density at radius 2 is 1.88 bits per heavy atom. The molecule has 0 bridgehead atoms. The van der Waals surface area contributed by atoms with Crippen LogP contribution in [0.2, 0.25) is 0 Å². The van der Waals surface area contributed by atoms with Crippen molar-refractivity contribution >= 4 is 10.0 Å². The van der Waals surface area contributed by atoms with Gasteiger partial charge >= 0.3 is 0 Å². The maximum Gasteiger partial charge on any atom is 0.246 e. The summed E-state index contributed by atoms with van der Waals surface area (Å²) in [5.74, 6) is 0.174. The maximum atomic E-state index is 13.9. The van der Waals surface area contributed by atoms with Crippen LogP contribution >= 0.6 is 0 Å². The zero-order valence-electron chi connectivity index (χ0n) is 14.0. The van der Waals surface area contributed by atoms with Crippen LogP contribution in [-0.2, 0) is 23.1 Å². The van der Waals surface area contributed by atoms with E-state index in [4.69, 9.17) is 0 Å². The van der Waals surface area contributed by atoms with Crippen molar-refractivity contribution in [3.05, 3.63) is 41.5 Å². The van der Waals surface area contributed by atoms with Crippen molar-refractivity contribution in [3.63, 3.8) is 0 Å². The number of aromatic nitrogens is 3. The number of nitrogens with zero attached hydrogens (tertiary/aromatic N) is 4. The van der Waals surface area contributed by atoms with Gasteiger partial charge in [0.05, 0.1) is 6.54 Å². The first-order valence-corrected chi connectivity index (χ1v) is 9.99. The van der Waals surface area contributed by atoms with Gasteiger partial charge in [0.25, 0.3) is 0 Å². The number of fused-ring (bicyclic) bond motifs is 1. The van der Waals surface area contributed by atoms with E-state index in [0.29, 0.717) is 19.4 Å². The molecular weight excluding hydrogens is 364 g/mol. The maximum absolute atomic E-state index is 13.9. The second-order valence-corrected chi connectivity index (χ2v) is 8.46. The fourth-order valence-electron chi connectivity index (χ4n) is 3.58. The summed E-state index contributed by atoms with van der Waals surface area (Å²) in [7, 11) is -4.06. The van der Waals surface area contributed by atoms with Crippen molar-refractivity contribution in [2.75, 3.05) is 19.6 Å². The van der Waals surface area contributed by atoms with Crippen LogP contribution < -0.4 is 5.32 Å². The Balaban J connectivity index is 1.51. The summed E-state index contributed by atoms with van der Waals surface area (Å²) in [6.45, 7) is 2.81. The fourth-order valence-corrected chi connectivity index (χ4v) is 5.13. The lowest BCUT2D eigenvalue weighted by molar-refractivity contribution is 0.306. The zero-order valence-corrected chi connectivity index (χ0v) is 14.8. The second-order valence-electron chi connectivity index (χ2n) is 6.56. The molecule has 0 atom stereocenters. The van der Waals surface area contributed by atoms with Gasteiger partial charge < -0.3 is 9.88 Å². The average molecular weight is 383 g/mol. The number of halogens is 2. The molecule has 0 radical (unpaired) electrons. The van der Waals surface area contributed by atoms with Gasteiger partial charge in [0.15, 0.2) is 0 Å². The number of nitrogens with one attached hydrogen (secondary N) is 1. The minimum absolute atomic E-state index is 0.109. The van der Waals surface area contributed by atoms with E-state index in [-0.39, 0.29) is 19.0 Å². The molecule has 10 heteroatoms. The van der Waals surface area contributed by atoms with Gasteiger partial charge in [-0.15, -0.1) is 10.2 Å². The Bertz CT molecular complexity index is 923. The lowest BCUT2D eigenvalue weighted by atomic mass is 9.97. The van der Waals surface area contributed by atoms with Gasteiger partial charge in [0.2, 0.25) is 10.0 Å². The van der Waals surface area contributed by atoms with Crippen LogP contribution in [0.3, 0.4) is 0 Å². The van der Waals surface area contributed by atoms with Gasteiger partial charge in [-0.1, -0.05) is 0 Å².